The van der Waals surface area contributed by atoms with E-state index < -0.39 is 5.91 Å². The largest absolute Gasteiger partial charge is 0.399 e. The number of rotatable bonds is 4. The van der Waals surface area contributed by atoms with E-state index in [1.165, 1.54) is 6.08 Å². The number of amides is 1. The Labute approximate surface area is 88.7 Å². The molecule has 6 N–H and O–H groups in total. The molecule has 1 aromatic carbocycles. The summed E-state index contributed by atoms with van der Waals surface area (Å²) >= 11 is 0. The summed E-state index contributed by atoms with van der Waals surface area (Å²) in [7, 11) is 0. The zero-order valence-corrected chi connectivity index (χ0v) is 8.44. The first-order valence-electron chi connectivity index (χ1n) is 4.69. The van der Waals surface area contributed by atoms with Crippen molar-refractivity contribution >= 4 is 17.3 Å². The second-order valence-corrected chi connectivity index (χ2v) is 3.30. The highest BCUT2D eigenvalue weighted by atomic mass is 16.1. The van der Waals surface area contributed by atoms with E-state index in [1.807, 2.05) is 6.07 Å². The second-order valence-electron chi connectivity index (χ2n) is 3.30. The third-order valence-electron chi connectivity index (χ3n) is 2.03. The lowest BCUT2D eigenvalue weighted by Gasteiger charge is -2.04. The summed E-state index contributed by atoms with van der Waals surface area (Å²) in [5.74, 6) is -0.435. The molecule has 0 aliphatic rings. The van der Waals surface area contributed by atoms with E-state index >= 15 is 0 Å². The number of allylic oxidation sites excluding steroid dienone is 1. The van der Waals surface area contributed by atoms with Gasteiger partial charge in [0.05, 0.1) is 0 Å². The van der Waals surface area contributed by atoms with E-state index in [1.54, 1.807) is 18.2 Å². The van der Waals surface area contributed by atoms with E-state index in [-0.39, 0.29) is 0 Å². The maximum Gasteiger partial charge on any atom is 0.241 e. The molecular weight excluding hydrogens is 190 g/mol. The van der Waals surface area contributed by atoms with Crippen LogP contribution in [0.4, 0.5) is 11.4 Å². The molecule has 0 aromatic heterocycles. The molecule has 1 rings (SSSR count). The summed E-state index contributed by atoms with van der Waals surface area (Å²) in [4.78, 5) is 10.4. The summed E-state index contributed by atoms with van der Waals surface area (Å²) in [6, 6.07) is 5.38. The Bertz CT molecular complexity index is 385. The molecule has 4 heteroatoms. The molecule has 0 heterocycles. The lowest BCUT2D eigenvalue weighted by Crippen LogP contribution is -2.05. The molecule has 0 spiro atoms. The normalized spacial score (nSPS) is 10.7. The average Bonchev–Trinajstić information content (AvgIpc) is 2.17. The van der Waals surface area contributed by atoms with Gasteiger partial charge in [-0.05, 0) is 42.7 Å². The molecule has 0 aliphatic heterocycles. The molecule has 0 saturated heterocycles. The van der Waals surface area contributed by atoms with Crippen LogP contribution in [-0.4, -0.2) is 5.91 Å². The molecule has 80 valence electrons. The van der Waals surface area contributed by atoms with Crippen LogP contribution in [0.1, 0.15) is 12.0 Å². The molecule has 1 aromatic rings. The van der Waals surface area contributed by atoms with Crippen LogP contribution in [0.5, 0.6) is 0 Å². The Morgan fingerprint density at radius 1 is 1.33 bits per heavy atom. The van der Waals surface area contributed by atoms with Crippen LogP contribution in [0.15, 0.2) is 30.4 Å². The molecule has 0 bridgehead atoms. The molecule has 15 heavy (non-hydrogen) atoms. The number of nitrogens with two attached hydrogens (primary N) is 3. The summed E-state index contributed by atoms with van der Waals surface area (Å²) in [5.41, 5.74) is 18.7. The van der Waals surface area contributed by atoms with Gasteiger partial charge in [-0.1, -0.05) is 6.08 Å². The number of primary amides is 1. The van der Waals surface area contributed by atoms with Crippen LogP contribution < -0.4 is 17.2 Å². The molecule has 0 aliphatic carbocycles. The Kier molecular flexibility index (Phi) is 3.74. The number of benzene rings is 1. The quantitative estimate of drug-likeness (QED) is 0.501. The summed E-state index contributed by atoms with van der Waals surface area (Å²) in [6.45, 7) is 0. The number of carbonyl (C=O) groups excluding carboxylic acids is 1. The van der Waals surface area contributed by atoms with Gasteiger partial charge < -0.3 is 17.2 Å². The topological polar surface area (TPSA) is 95.1 Å². The first kappa shape index (κ1) is 11.1. The third kappa shape index (κ3) is 3.72. The highest BCUT2D eigenvalue weighted by Crippen LogP contribution is 2.17. The van der Waals surface area contributed by atoms with E-state index in [0.29, 0.717) is 5.69 Å². The van der Waals surface area contributed by atoms with E-state index in [4.69, 9.17) is 17.2 Å². The van der Waals surface area contributed by atoms with Gasteiger partial charge >= 0.3 is 0 Å². The second kappa shape index (κ2) is 5.05. The van der Waals surface area contributed by atoms with Crippen LogP contribution in [-0.2, 0) is 11.2 Å². The van der Waals surface area contributed by atoms with Gasteiger partial charge in [0.15, 0.2) is 0 Å². The van der Waals surface area contributed by atoms with Crippen molar-refractivity contribution in [2.24, 2.45) is 5.73 Å². The Morgan fingerprint density at radius 2 is 2.07 bits per heavy atom. The van der Waals surface area contributed by atoms with Gasteiger partial charge in [-0.3, -0.25) is 4.79 Å². The van der Waals surface area contributed by atoms with Crippen molar-refractivity contribution in [1.29, 1.82) is 0 Å². The van der Waals surface area contributed by atoms with Gasteiger partial charge in [-0.2, -0.15) is 0 Å². The molecule has 0 fully saturated rings. The van der Waals surface area contributed by atoms with Crippen molar-refractivity contribution in [3.05, 3.63) is 35.9 Å². The predicted octanol–water partition coefficient (Wildman–Crippen LogP) is 0.825. The van der Waals surface area contributed by atoms with Gasteiger partial charge in [0.25, 0.3) is 0 Å². The maximum atomic E-state index is 10.4. The molecular formula is C11H15N3O. The van der Waals surface area contributed by atoms with Gasteiger partial charge in [0.1, 0.15) is 0 Å². The van der Waals surface area contributed by atoms with Crippen molar-refractivity contribution < 1.29 is 4.79 Å². The SMILES string of the molecule is NC(=O)C=CCCc1cc(N)ccc1N. The van der Waals surface area contributed by atoms with Gasteiger partial charge in [-0.25, -0.2) is 0 Å². The zero-order valence-electron chi connectivity index (χ0n) is 8.44. The smallest absolute Gasteiger partial charge is 0.241 e. The fourth-order valence-electron chi connectivity index (χ4n) is 1.28. The zero-order chi connectivity index (χ0) is 11.3. The molecule has 0 unspecified atom stereocenters. The van der Waals surface area contributed by atoms with Crippen molar-refractivity contribution in [1.82, 2.24) is 0 Å². The summed E-state index contributed by atoms with van der Waals surface area (Å²) in [6.07, 6.45) is 4.55. The van der Waals surface area contributed by atoms with Crippen molar-refractivity contribution in [2.45, 2.75) is 12.8 Å². The van der Waals surface area contributed by atoms with Crippen LogP contribution >= 0.6 is 0 Å². The van der Waals surface area contributed by atoms with Crippen molar-refractivity contribution in [3.8, 4) is 0 Å². The molecule has 4 nitrogen and oxygen atoms in total. The third-order valence-corrected chi connectivity index (χ3v) is 2.03. The van der Waals surface area contributed by atoms with Crippen LogP contribution in [0.3, 0.4) is 0 Å². The number of anilines is 2. The molecule has 0 saturated carbocycles. The minimum Gasteiger partial charge on any atom is -0.399 e. The number of hydrogen-bond donors (Lipinski definition) is 3. The fraction of sp³-hybridized carbons (Fsp3) is 0.182. The summed E-state index contributed by atoms with van der Waals surface area (Å²) < 4.78 is 0. The van der Waals surface area contributed by atoms with Gasteiger partial charge in [-0.15, -0.1) is 0 Å². The summed E-state index contributed by atoms with van der Waals surface area (Å²) in [5, 5.41) is 0. The van der Waals surface area contributed by atoms with Gasteiger partial charge in [0.2, 0.25) is 5.91 Å². The number of hydrogen-bond acceptors (Lipinski definition) is 3. The molecule has 0 radical (unpaired) electrons. The van der Waals surface area contributed by atoms with E-state index in [0.717, 1.165) is 24.1 Å². The lowest BCUT2D eigenvalue weighted by molar-refractivity contribution is -0.113. The highest BCUT2D eigenvalue weighted by Gasteiger charge is 1.98. The first-order valence-corrected chi connectivity index (χ1v) is 4.69. The standard InChI is InChI=1S/C11H15N3O/c12-9-5-6-10(13)8(7-9)3-1-2-4-11(14)15/h2,4-7H,1,3,12-13H2,(H2,14,15). The van der Waals surface area contributed by atoms with Crippen molar-refractivity contribution in [3.63, 3.8) is 0 Å². The number of nitrogen functional groups attached to an aromatic ring is 2. The van der Waals surface area contributed by atoms with Crippen LogP contribution in [0.2, 0.25) is 0 Å². The predicted molar refractivity (Wildman–Crippen MR) is 61.9 cm³/mol. The Morgan fingerprint density at radius 3 is 2.73 bits per heavy atom. The minimum absolute atomic E-state index is 0.435. The van der Waals surface area contributed by atoms with E-state index in [2.05, 4.69) is 0 Å². The van der Waals surface area contributed by atoms with Crippen LogP contribution in [0.25, 0.3) is 0 Å². The monoisotopic (exact) mass is 205 g/mol. The fourth-order valence-corrected chi connectivity index (χ4v) is 1.28. The van der Waals surface area contributed by atoms with Gasteiger partial charge in [0, 0.05) is 11.4 Å². The van der Waals surface area contributed by atoms with Crippen molar-refractivity contribution in [2.75, 3.05) is 11.5 Å². The molecule has 0 atom stereocenters. The first-order chi connectivity index (χ1) is 7.09. The molecule has 1 amide bonds. The lowest BCUT2D eigenvalue weighted by atomic mass is 10.1. The van der Waals surface area contributed by atoms with E-state index in [9.17, 15) is 4.79 Å². The number of aryl methyl sites for hydroxylation is 1. The average molecular weight is 205 g/mol. The highest BCUT2D eigenvalue weighted by molar-refractivity contribution is 5.85. The Balaban J connectivity index is 2.57. The van der Waals surface area contributed by atoms with Crippen LogP contribution in [0, 0.1) is 0 Å². The Hall–Kier alpha value is -1.97. The maximum absolute atomic E-state index is 10.4. The number of carbonyl (C=O) groups is 1. The minimum atomic E-state index is -0.435.